The van der Waals surface area contributed by atoms with Crippen LogP contribution in [0.5, 0.6) is 5.75 Å². The first-order valence-electron chi connectivity index (χ1n) is 4.88. The maximum atomic E-state index is 13.4. The second-order valence-electron chi connectivity index (χ2n) is 3.68. The van der Waals surface area contributed by atoms with E-state index in [0.29, 0.717) is 5.56 Å². The third-order valence-electron chi connectivity index (χ3n) is 2.74. The van der Waals surface area contributed by atoms with Gasteiger partial charge in [0.2, 0.25) is 0 Å². The normalized spacial score (nSPS) is 23.2. The molecule has 5 heteroatoms. The number of nitrogens with two attached hydrogens (primary N) is 1. The maximum Gasteiger partial charge on any atom is 0.330 e. The quantitative estimate of drug-likeness (QED) is 0.722. The van der Waals surface area contributed by atoms with E-state index in [1.165, 1.54) is 19.2 Å². The lowest BCUT2D eigenvalue weighted by atomic mass is 9.85. The molecule has 4 nitrogen and oxygen atoms in total. The largest absolute Gasteiger partial charge is 0.490 e. The molecule has 86 valence electrons. The van der Waals surface area contributed by atoms with E-state index < -0.39 is 17.3 Å². The van der Waals surface area contributed by atoms with Crippen molar-refractivity contribution < 1.29 is 18.7 Å². The first-order valence-corrected chi connectivity index (χ1v) is 4.88. The topological polar surface area (TPSA) is 61.5 Å². The van der Waals surface area contributed by atoms with Crippen molar-refractivity contribution in [3.63, 3.8) is 0 Å². The van der Waals surface area contributed by atoms with Gasteiger partial charge in [-0.25, -0.2) is 9.18 Å². The molecule has 1 aliphatic rings. The van der Waals surface area contributed by atoms with Crippen LogP contribution in [0.1, 0.15) is 12.0 Å². The fourth-order valence-corrected chi connectivity index (χ4v) is 1.85. The molecule has 0 saturated carbocycles. The van der Waals surface area contributed by atoms with Gasteiger partial charge in [0, 0.05) is 12.0 Å². The highest BCUT2D eigenvalue weighted by molar-refractivity contribution is 5.83. The lowest BCUT2D eigenvalue weighted by Gasteiger charge is -2.32. The molecule has 0 radical (unpaired) electrons. The first-order chi connectivity index (χ1) is 7.59. The summed E-state index contributed by atoms with van der Waals surface area (Å²) in [5, 5.41) is 0. The smallest absolute Gasteiger partial charge is 0.330 e. The van der Waals surface area contributed by atoms with Crippen molar-refractivity contribution >= 4 is 5.97 Å². The van der Waals surface area contributed by atoms with Gasteiger partial charge in [-0.1, -0.05) is 12.1 Å². The summed E-state index contributed by atoms with van der Waals surface area (Å²) in [6.07, 6.45) is 0.274. The minimum absolute atomic E-state index is 0.0432. The van der Waals surface area contributed by atoms with Crippen molar-refractivity contribution in [3.8, 4) is 5.75 Å². The van der Waals surface area contributed by atoms with Gasteiger partial charge >= 0.3 is 5.97 Å². The lowest BCUT2D eigenvalue weighted by Crippen LogP contribution is -2.49. The Morgan fingerprint density at radius 1 is 1.62 bits per heavy atom. The molecule has 1 aromatic carbocycles. The molecule has 1 unspecified atom stereocenters. The Kier molecular flexibility index (Phi) is 2.55. The zero-order valence-corrected chi connectivity index (χ0v) is 8.83. The summed E-state index contributed by atoms with van der Waals surface area (Å²) in [6, 6.07) is 4.34. The number of esters is 1. The summed E-state index contributed by atoms with van der Waals surface area (Å²) in [7, 11) is 1.26. The summed E-state index contributed by atoms with van der Waals surface area (Å²) in [4.78, 5) is 11.6. The number of hydrogen-bond acceptors (Lipinski definition) is 4. The maximum absolute atomic E-state index is 13.4. The predicted octanol–water partition coefficient (Wildman–Crippen LogP) is 0.935. The zero-order valence-electron chi connectivity index (χ0n) is 8.83. The lowest BCUT2D eigenvalue weighted by molar-refractivity contribution is -0.148. The van der Waals surface area contributed by atoms with Crippen LogP contribution in [-0.2, 0) is 15.1 Å². The minimum Gasteiger partial charge on any atom is -0.490 e. The molecule has 0 aromatic heterocycles. The monoisotopic (exact) mass is 225 g/mol. The Balaban J connectivity index is 2.56. The van der Waals surface area contributed by atoms with E-state index in [1.807, 2.05) is 0 Å². The van der Waals surface area contributed by atoms with Gasteiger partial charge in [-0.2, -0.15) is 0 Å². The van der Waals surface area contributed by atoms with Gasteiger partial charge in [-0.15, -0.1) is 0 Å². The third-order valence-corrected chi connectivity index (χ3v) is 2.74. The van der Waals surface area contributed by atoms with E-state index in [2.05, 4.69) is 4.74 Å². The zero-order chi connectivity index (χ0) is 11.8. The molecule has 0 saturated heterocycles. The average molecular weight is 225 g/mol. The summed E-state index contributed by atoms with van der Waals surface area (Å²) < 4.78 is 23.3. The van der Waals surface area contributed by atoms with Crippen molar-refractivity contribution in [2.75, 3.05) is 13.7 Å². The third kappa shape index (κ3) is 1.44. The van der Waals surface area contributed by atoms with Crippen LogP contribution in [0.2, 0.25) is 0 Å². The minimum atomic E-state index is -1.32. The number of hydrogen-bond donors (Lipinski definition) is 1. The Morgan fingerprint density at radius 3 is 3.06 bits per heavy atom. The molecule has 0 amide bonds. The standard InChI is InChI=1S/C11H12FNO3/c1-15-10(14)11(13)5-6-16-9-7(11)3-2-4-8(9)12/h2-4H,5-6,13H2,1H3. The number of carbonyl (C=O) groups excluding carboxylic acids is 1. The second-order valence-corrected chi connectivity index (χ2v) is 3.68. The van der Waals surface area contributed by atoms with Crippen LogP contribution in [0.25, 0.3) is 0 Å². The van der Waals surface area contributed by atoms with Crippen molar-refractivity contribution in [2.24, 2.45) is 5.73 Å². The number of rotatable bonds is 1. The van der Waals surface area contributed by atoms with Crippen LogP contribution in [0.3, 0.4) is 0 Å². The molecule has 16 heavy (non-hydrogen) atoms. The highest BCUT2D eigenvalue weighted by Crippen LogP contribution is 2.37. The van der Waals surface area contributed by atoms with Crippen LogP contribution in [0, 0.1) is 5.82 Å². The van der Waals surface area contributed by atoms with E-state index in [0.717, 1.165) is 0 Å². The fraction of sp³-hybridized carbons (Fsp3) is 0.364. The van der Waals surface area contributed by atoms with Gasteiger partial charge in [0.15, 0.2) is 11.6 Å². The molecule has 1 atom stereocenters. The molecule has 1 aromatic rings. The van der Waals surface area contributed by atoms with Gasteiger partial charge < -0.3 is 15.2 Å². The first kappa shape index (κ1) is 10.9. The highest BCUT2D eigenvalue weighted by atomic mass is 19.1. The molecular formula is C11H12FNO3. The highest BCUT2D eigenvalue weighted by Gasteiger charge is 2.43. The molecule has 2 rings (SSSR count). The van der Waals surface area contributed by atoms with Gasteiger partial charge in [-0.3, -0.25) is 0 Å². The van der Waals surface area contributed by atoms with Crippen LogP contribution in [0.4, 0.5) is 4.39 Å². The van der Waals surface area contributed by atoms with Crippen molar-refractivity contribution in [3.05, 3.63) is 29.6 Å². The van der Waals surface area contributed by atoms with Gasteiger partial charge in [-0.05, 0) is 6.07 Å². The molecule has 0 bridgehead atoms. The van der Waals surface area contributed by atoms with Crippen molar-refractivity contribution in [2.45, 2.75) is 12.0 Å². The number of fused-ring (bicyclic) bond motifs is 1. The van der Waals surface area contributed by atoms with E-state index in [1.54, 1.807) is 6.07 Å². The Bertz CT molecular complexity index is 435. The Hall–Kier alpha value is -1.62. The summed E-state index contributed by atoms with van der Waals surface area (Å²) in [5.74, 6) is -1.06. The van der Waals surface area contributed by atoms with Crippen molar-refractivity contribution in [1.29, 1.82) is 0 Å². The number of para-hydroxylation sites is 1. The van der Waals surface area contributed by atoms with E-state index in [-0.39, 0.29) is 18.8 Å². The van der Waals surface area contributed by atoms with E-state index in [4.69, 9.17) is 10.5 Å². The second kappa shape index (κ2) is 3.75. The number of halogens is 1. The molecule has 0 aliphatic carbocycles. The molecular weight excluding hydrogens is 213 g/mol. The van der Waals surface area contributed by atoms with Crippen LogP contribution in [0.15, 0.2) is 18.2 Å². The van der Waals surface area contributed by atoms with E-state index in [9.17, 15) is 9.18 Å². The van der Waals surface area contributed by atoms with Crippen molar-refractivity contribution in [1.82, 2.24) is 0 Å². The molecule has 1 aliphatic heterocycles. The number of carbonyl (C=O) groups is 1. The predicted molar refractivity (Wildman–Crippen MR) is 54.4 cm³/mol. The molecule has 0 fully saturated rings. The van der Waals surface area contributed by atoms with Gasteiger partial charge in [0.05, 0.1) is 13.7 Å². The van der Waals surface area contributed by atoms with Crippen LogP contribution < -0.4 is 10.5 Å². The molecule has 1 heterocycles. The molecule has 0 spiro atoms. The number of methoxy groups -OCH3 is 1. The van der Waals surface area contributed by atoms with Gasteiger partial charge in [0.25, 0.3) is 0 Å². The van der Waals surface area contributed by atoms with E-state index >= 15 is 0 Å². The number of ether oxygens (including phenoxy) is 2. The van der Waals surface area contributed by atoms with Crippen LogP contribution >= 0.6 is 0 Å². The average Bonchev–Trinajstić information content (AvgIpc) is 2.30. The summed E-state index contributed by atoms with van der Waals surface area (Å²) in [6.45, 7) is 0.194. The SMILES string of the molecule is COC(=O)C1(N)CCOc2c(F)cccc21. The fourth-order valence-electron chi connectivity index (χ4n) is 1.85. The van der Waals surface area contributed by atoms with Crippen LogP contribution in [-0.4, -0.2) is 19.7 Å². The molecule has 2 N–H and O–H groups in total. The summed E-state index contributed by atoms with van der Waals surface area (Å²) in [5.41, 5.74) is 5.00. The Labute approximate surface area is 92.1 Å². The Morgan fingerprint density at radius 2 is 2.38 bits per heavy atom. The number of benzene rings is 1. The van der Waals surface area contributed by atoms with Gasteiger partial charge in [0.1, 0.15) is 5.54 Å². The summed E-state index contributed by atoms with van der Waals surface area (Å²) >= 11 is 0.